The minimum atomic E-state index is -0.287. The van der Waals surface area contributed by atoms with Crippen LogP contribution in [0.2, 0.25) is 5.02 Å². The van der Waals surface area contributed by atoms with E-state index in [0.29, 0.717) is 49.9 Å². The first-order valence-corrected chi connectivity index (χ1v) is 11.4. The molecule has 1 amide bonds. The van der Waals surface area contributed by atoms with Crippen LogP contribution in [0.25, 0.3) is 10.2 Å². The molecular formula is C22H24ClN3O5S. The number of halogens is 1. The van der Waals surface area contributed by atoms with Crippen molar-refractivity contribution in [1.29, 1.82) is 0 Å². The van der Waals surface area contributed by atoms with Crippen LogP contribution in [0.1, 0.15) is 33.9 Å². The van der Waals surface area contributed by atoms with Gasteiger partial charge in [0, 0.05) is 18.7 Å². The van der Waals surface area contributed by atoms with Gasteiger partial charge in [0.1, 0.15) is 23.8 Å². The highest BCUT2D eigenvalue weighted by atomic mass is 35.5. The highest BCUT2D eigenvalue weighted by molar-refractivity contribution is 7.20. The fraction of sp³-hybridized carbons (Fsp3) is 0.409. The Bertz CT molecular complexity index is 1130. The molecule has 3 aromatic rings. The number of fused-ring (bicyclic) bond motifs is 1. The fourth-order valence-electron chi connectivity index (χ4n) is 3.57. The summed E-state index contributed by atoms with van der Waals surface area (Å²) in [5.41, 5.74) is 1.24. The van der Waals surface area contributed by atoms with E-state index in [4.69, 9.17) is 30.5 Å². The Balaban J connectivity index is 1.61. The summed E-state index contributed by atoms with van der Waals surface area (Å²) in [6, 6.07) is 5.14. The first kappa shape index (κ1) is 22.7. The summed E-state index contributed by atoms with van der Waals surface area (Å²) in [7, 11) is 3.11. The van der Waals surface area contributed by atoms with Crippen molar-refractivity contribution in [3.8, 4) is 11.6 Å². The number of ether oxygens (including phenoxy) is 4. The molecule has 4 rings (SSSR count). The van der Waals surface area contributed by atoms with Crippen LogP contribution in [0, 0.1) is 6.92 Å². The van der Waals surface area contributed by atoms with Crippen molar-refractivity contribution in [3.63, 3.8) is 0 Å². The maximum Gasteiger partial charge on any atom is 0.266 e. The zero-order valence-electron chi connectivity index (χ0n) is 18.1. The summed E-state index contributed by atoms with van der Waals surface area (Å²) >= 11 is 7.45. The summed E-state index contributed by atoms with van der Waals surface area (Å²) in [6.07, 6.45) is 2.05. The first-order valence-electron chi connectivity index (χ1n) is 10.2. The largest absolute Gasteiger partial charge is 0.489 e. The zero-order valence-corrected chi connectivity index (χ0v) is 19.6. The van der Waals surface area contributed by atoms with E-state index in [1.807, 2.05) is 6.92 Å². The van der Waals surface area contributed by atoms with Crippen LogP contribution in [-0.4, -0.2) is 49.4 Å². The Morgan fingerprint density at radius 1 is 1.34 bits per heavy atom. The van der Waals surface area contributed by atoms with Crippen molar-refractivity contribution in [2.45, 2.75) is 32.5 Å². The number of aromatic nitrogens is 2. The van der Waals surface area contributed by atoms with E-state index in [1.54, 1.807) is 32.4 Å². The van der Waals surface area contributed by atoms with Gasteiger partial charge in [-0.05, 0) is 43.5 Å². The number of anilines is 1. The molecular weight excluding hydrogens is 454 g/mol. The van der Waals surface area contributed by atoms with Gasteiger partial charge in [0.05, 0.1) is 29.2 Å². The Hall–Kier alpha value is -2.46. The molecule has 170 valence electrons. The minimum absolute atomic E-state index is 0.0615. The number of hydrogen-bond acceptors (Lipinski definition) is 8. The Labute approximate surface area is 194 Å². The predicted octanol–water partition coefficient (Wildman–Crippen LogP) is 4.62. The summed E-state index contributed by atoms with van der Waals surface area (Å²) in [5, 5.41) is 4.14. The molecule has 0 spiro atoms. The van der Waals surface area contributed by atoms with Gasteiger partial charge in [-0.2, -0.15) is 4.98 Å². The van der Waals surface area contributed by atoms with Crippen LogP contribution in [-0.2, 0) is 16.1 Å². The number of hydrogen-bond donors (Lipinski definition) is 1. The number of carbonyl (C=O) groups excluding carboxylic acids is 1. The quantitative estimate of drug-likeness (QED) is 0.506. The molecule has 8 nitrogen and oxygen atoms in total. The molecule has 1 saturated heterocycles. The average Bonchev–Trinajstić information content (AvgIpc) is 3.41. The monoisotopic (exact) mass is 477 g/mol. The Kier molecular flexibility index (Phi) is 7.10. The molecule has 32 heavy (non-hydrogen) atoms. The molecule has 1 fully saturated rings. The lowest BCUT2D eigenvalue weighted by atomic mass is 10.2. The highest BCUT2D eigenvalue weighted by Crippen LogP contribution is 2.36. The second-order valence-electron chi connectivity index (χ2n) is 7.36. The molecule has 0 radical (unpaired) electrons. The summed E-state index contributed by atoms with van der Waals surface area (Å²) in [5.74, 6) is 1.16. The van der Waals surface area contributed by atoms with Gasteiger partial charge < -0.3 is 24.3 Å². The molecule has 3 heterocycles. The predicted molar refractivity (Wildman–Crippen MR) is 123 cm³/mol. The van der Waals surface area contributed by atoms with Crippen molar-refractivity contribution >= 4 is 44.7 Å². The lowest BCUT2D eigenvalue weighted by molar-refractivity contribution is 0.0682. The standard InChI is InChI=1S/C22H24ClN3O5S/c1-12-18-21(29-3)25-17(11-28-2)26-22(18)32-19(12)20(27)24-15-9-13(23)6-7-16(15)31-10-14-5-4-8-30-14/h6-7,9,14H,4-5,8,10-11H2,1-3H3,(H,24,27). The zero-order chi connectivity index (χ0) is 22.7. The number of thiophene rings is 1. The van der Waals surface area contributed by atoms with E-state index in [1.165, 1.54) is 11.3 Å². The Morgan fingerprint density at radius 2 is 2.19 bits per heavy atom. The fourth-order valence-corrected chi connectivity index (χ4v) is 4.82. The number of nitrogens with one attached hydrogen (secondary N) is 1. The van der Waals surface area contributed by atoms with E-state index in [-0.39, 0.29) is 18.6 Å². The van der Waals surface area contributed by atoms with Crippen LogP contribution in [0.5, 0.6) is 11.6 Å². The third kappa shape index (κ3) is 4.80. The second kappa shape index (κ2) is 9.99. The third-order valence-electron chi connectivity index (χ3n) is 5.11. The first-order chi connectivity index (χ1) is 15.5. The van der Waals surface area contributed by atoms with Gasteiger partial charge in [-0.3, -0.25) is 4.79 Å². The van der Waals surface area contributed by atoms with Gasteiger partial charge in [-0.15, -0.1) is 11.3 Å². The summed E-state index contributed by atoms with van der Waals surface area (Å²) in [4.78, 5) is 23.3. The maximum absolute atomic E-state index is 13.2. The minimum Gasteiger partial charge on any atom is -0.489 e. The lowest BCUT2D eigenvalue weighted by Crippen LogP contribution is -2.18. The molecule has 1 aromatic carbocycles. The Morgan fingerprint density at radius 3 is 2.91 bits per heavy atom. The van der Waals surface area contributed by atoms with Crippen LogP contribution < -0.4 is 14.8 Å². The van der Waals surface area contributed by atoms with Gasteiger partial charge in [0.15, 0.2) is 5.82 Å². The van der Waals surface area contributed by atoms with E-state index in [2.05, 4.69) is 15.3 Å². The van der Waals surface area contributed by atoms with Crippen LogP contribution in [0.3, 0.4) is 0 Å². The lowest BCUT2D eigenvalue weighted by Gasteiger charge is -2.15. The smallest absolute Gasteiger partial charge is 0.266 e. The van der Waals surface area contributed by atoms with E-state index >= 15 is 0 Å². The van der Waals surface area contributed by atoms with Crippen molar-refractivity contribution in [2.24, 2.45) is 0 Å². The third-order valence-corrected chi connectivity index (χ3v) is 6.53. The summed E-state index contributed by atoms with van der Waals surface area (Å²) in [6.45, 7) is 3.27. The van der Waals surface area contributed by atoms with Crippen molar-refractivity contribution in [1.82, 2.24) is 9.97 Å². The van der Waals surface area contributed by atoms with Gasteiger partial charge >= 0.3 is 0 Å². The number of rotatable bonds is 8. The summed E-state index contributed by atoms with van der Waals surface area (Å²) < 4.78 is 22.1. The van der Waals surface area contributed by atoms with Crippen LogP contribution in [0.4, 0.5) is 5.69 Å². The molecule has 0 saturated carbocycles. The SMILES string of the molecule is COCc1nc(OC)c2c(C)c(C(=O)Nc3cc(Cl)ccc3OCC3CCCO3)sc2n1. The van der Waals surface area contributed by atoms with E-state index < -0.39 is 0 Å². The number of amides is 1. The molecule has 1 unspecified atom stereocenters. The molecule has 1 aliphatic rings. The number of nitrogens with zero attached hydrogens (tertiary/aromatic N) is 2. The normalized spacial score (nSPS) is 15.8. The highest BCUT2D eigenvalue weighted by Gasteiger charge is 2.23. The molecule has 10 heteroatoms. The topological polar surface area (TPSA) is 91.8 Å². The number of benzene rings is 1. The van der Waals surface area contributed by atoms with Crippen molar-refractivity contribution in [3.05, 3.63) is 39.5 Å². The maximum atomic E-state index is 13.2. The van der Waals surface area contributed by atoms with Gasteiger partial charge in [-0.1, -0.05) is 11.6 Å². The molecule has 1 aliphatic heterocycles. The van der Waals surface area contributed by atoms with E-state index in [9.17, 15) is 4.79 Å². The number of aryl methyl sites for hydroxylation is 1. The molecule has 0 bridgehead atoms. The van der Waals surface area contributed by atoms with Gasteiger partial charge in [0.25, 0.3) is 5.91 Å². The van der Waals surface area contributed by atoms with Gasteiger partial charge in [-0.25, -0.2) is 4.98 Å². The van der Waals surface area contributed by atoms with Crippen molar-refractivity contribution in [2.75, 3.05) is 32.8 Å². The van der Waals surface area contributed by atoms with Crippen LogP contribution >= 0.6 is 22.9 Å². The average molecular weight is 478 g/mol. The molecule has 2 aromatic heterocycles. The number of methoxy groups -OCH3 is 2. The van der Waals surface area contributed by atoms with Gasteiger partial charge in [0.2, 0.25) is 5.88 Å². The number of carbonyl (C=O) groups is 1. The molecule has 0 aliphatic carbocycles. The molecule has 1 N–H and O–H groups in total. The second-order valence-corrected chi connectivity index (χ2v) is 8.79. The van der Waals surface area contributed by atoms with E-state index in [0.717, 1.165) is 25.0 Å². The molecule has 1 atom stereocenters. The van der Waals surface area contributed by atoms with Crippen molar-refractivity contribution < 1.29 is 23.7 Å². The van der Waals surface area contributed by atoms with Crippen LogP contribution in [0.15, 0.2) is 18.2 Å².